The zero-order chi connectivity index (χ0) is 35.2. The van der Waals surface area contributed by atoms with Crippen LogP contribution in [-0.2, 0) is 28.9 Å². The fourth-order valence-electron chi connectivity index (χ4n) is 5.64. The van der Waals surface area contributed by atoms with E-state index in [2.05, 4.69) is 19.9 Å². The number of nitrogens with one attached hydrogen (secondary N) is 2. The molecular formula is C32H37N4O10PS. The number of benzene rings is 3. The molecule has 16 heteroatoms. The lowest BCUT2D eigenvalue weighted by atomic mass is 9.92. The number of amides is 3. The number of hydrogen-bond donors (Lipinski definition) is 3. The Morgan fingerprint density at radius 2 is 1.67 bits per heavy atom. The van der Waals surface area contributed by atoms with Gasteiger partial charge in [0.05, 0.1) is 50.8 Å². The van der Waals surface area contributed by atoms with Gasteiger partial charge in [-0.2, -0.15) is 0 Å². The first-order valence-corrected chi connectivity index (χ1v) is 17.0. The van der Waals surface area contributed by atoms with Crippen LogP contribution in [0.1, 0.15) is 40.0 Å². The molecule has 0 aliphatic carbocycles. The number of esters is 1. The van der Waals surface area contributed by atoms with Gasteiger partial charge in [0, 0.05) is 23.5 Å². The molecular weight excluding hydrogens is 663 g/mol. The average molecular weight is 701 g/mol. The van der Waals surface area contributed by atoms with E-state index in [9.17, 15) is 27.6 Å². The summed E-state index contributed by atoms with van der Waals surface area (Å²) in [6.45, 7) is 0.0467. The lowest BCUT2D eigenvalue weighted by Crippen LogP contribution is -2.40. The van der Waals surface area contributed by atoms with Gasteiger partial charge in [0.25, 0.3) is 0 Å². The maximum Gasteiger partial charge on any atom is 0.411 e. The van der Waals surface area contributed by atoms with E-state index < -0.39 is 51.7 Å². The minimum absolute atomic E-state index is 0.0467. The molecule has 1 unspecified atom stereocenters. The van der Waals surface area contributed by atoms with Crippen molar-refractivity contribution in [3.8, 4) is 11.5 Å². The van der Waals surface area contributed by atoms with Crippen LogP contribution in [-0.4, -0.2) is 77.7 Å². The molecule has 1 aliphatic heterocycles. The number of rotatable bonds is 12. The summed E-state index contributed by atoms with van der Waals surface area (Å²) in [7, 11) is 3.54. The molecule has 1 fully saturated rings. The Morgan fingerprint density at radius 3 is 2.29 bits per heavy atom. The molecule has 4 rings (SSSR count). The second-order valence-electron chi connectivity index (χ2n) is 10.7. The van der Waals surface area contributed by atoms with Crippen molar-refractivity contribution in [1.82, 2.24) is 4.90 Å². The maximum absolute atomic E-state index is 14.8. The fourth-order valence-corrected chi connectivity index (χ4v) is 7.17. The summed E-state index contributed by atoms with van der Waals surface area (Å²) in [5.74, 6) is -2.08. The third kappa shape index (κ3) is 7.63. The monoisotopic (exact) mass is 700 g/mol. The molecule has 3 aromatic rings. The summed E-state index contributed by atoms with van der Waals surface area (Å²) in [5.41, 5.74) is 6.46. The Hall–Kier alpha value is -4.88. The van der Waals surface area contributed by atoms with Gasteiger partial charge in [-0.1, -0.05) is 12.1 Å². The predicted octanol–water partition coefficient (Wildman–Crippen LogP) is 3.50. The topological polar surface area (TPSA) is 193 Å². The zero-order valence-corrected chi connectivity index (χ0v) is 28.7. The number of carbonyl (C=O) groups excluding carboxylic acids is 4. The molecule has 14 nitrogen and oxygen atoms in total. The highest BCUT2D eigenvalue weighted by Gasteiger charge is 2.46. The van der Waals surface area contributed by atoms with E-state index in [1.54, 1.807) is 30.3 Å². The van der Waals surface area contributed by atoms with E-state index in [-0.39, 0.29) is 40.2 Å². The second kappa shape index (κ2) is 15.3. The molecule has 0 aromatic heterocycles. The van der Waals surface area contributed by atoms with Gasteiger partial charge in [0.1, 0.15) is 6.04 Å². The van der Waals surface area contributed by atoms with Crippen LogP contribution >= 0.6 is 9.24 Å². The molecule has 4 N–H and O–H groups in total. The summed E-state index contributed by atoms with van der Waals surface area (Å²) >= 11 is 0. The standard InChI is InChI=1S/C32H37N4O10PS/c1-43-24-10-8-18(15-25(24)44-2)27(34-20-7-5-6-19(14-20)29(33)37)30(38)36-13-12-22(31(39)45-3)28(36)23-16-21(35-32(40)46-4)9-11-26(23)48(41,42)17-47/h5-11,14-16,22,27-28,34H,12-13,17,47H2,1-4H3,(H2,33,37)(H,35,40)/t22-,27+,28+/m0/s1. The van der Waals surface area contributed by atoms with Crippen LogP contribution in [0.5, 0.6) is 11.5 Å². The number of nitrogens with zero attached hydrogens (tertiary/aromatic N) is 1. The highest BCUT2D eigenvalue weighted by atomic mass is 32.2. The third-order valence-corrected chi connectivity index (χ3v) is 10.7. The fraction of sp³-hybridized carbons (Fsp3) is 0.312. The van der Waals surface area contributed by atoms with Gasteiger partial charge in [0.2, 0.25) is 11.8 Å². The number of primary amides is 1. The molecule has 3 aromatic carbocycles. The highest BCUT2D eigenvalue weighted by molar-refractivity contribution is 7.94. The molecule has 0 saturated carbocycles. The van der Waals surface area contributed by atoms with E-state index in [0.717, 1.165) is 0 Å². The van der Waals surface area contributed by atoms with Gasteiger partial charge in [-0.15, -0.1) is 9.24 Å². The lowest BCUT2D eigenvalue weighted by molar-refractivity contribution is -0.147. The van der Waals surface area contributed by atoms with Crippen molar-refractivity contribution in [2.45, 2.75) is 23.4 Å². The number of anilines is 2. The van der Waals surface area contributed by atoms with Gasteiger partial charge in [-0.05, 0) is 66.1 Å². The summed E-state index contributed by atoms with van der Waals surface area (Å²) in [4.78, 5) is 53.3. The van der Waals surface area contributed by atoms with Crippen LogP contribution in [0.15, 0.2) is 65.6 Å². The van der Waals surface area contributed by atoms with E-state index >= 15 is 0 Å². The van der Waals surface area contributed by atoms with E-state index in [4.69, 9.17) is 24.7 Å². The van der Waals surface area contributed by atoms with Crippen molar-refractivity contribution in [2.24, 2.45) is 11.7 Å². The number of hydrogen-bond acceptors (Lipinski definition) is 11. The molecule has 0 radical (unpaired) electrons. The molecule has 1 heterocycles. The van der Waals surface area contributed by atoms with E-state index in [1.807, 2.05) is 0 Å². The van der Waals surface area contributed by atoms with Gasteiger partial charge < -0.3 is 34.9 Å². The van der Waals surface area contributed by atoms with Crippen LogP contribution in [0.2, 0.25) is 0 Å². The Bertz CT molecular complexity index is 1820. The summed E-state index contributed by atoms with van der Waals surface area (Å²) in [5, 5.41) is 5.70. The van der Waals surface area contributed by atoms with Gasteiger partial charge in [-0.25, -0.2) is 13.2 Å². The molecule has 48 heavy (non-hydrogen) atoms. The Kier molecular flexibility index (Phi) is 11.5. The lowest BCUT2D eigenvalue weighted by Gasteiger charge is -2.33. The van der Waals surface area contributed by atoms with Crippen molar-refractivity contribution in [1.29, 1.82) is 0 Å². The molecule has 1 saturated heterocycles. The number of sulfone groups is 1. The van der Waals surface area contributed by atoms with Crippen molar-refractivity contribution < 1.29 is 46.5 Å². The van der Waals surface area contributed by atoms with Gasteiger partial charge >= 0.3 is 12.1 Å². The zero-order valence-electron chi connectivity index (χ0n) is 26.7. The number of likely N-dealkylation sites (tertiary alicyclic amines) is 1. The van der Waals surface area contributed by atoms with Crippen LogP contribution in [0.3, 0.4) is 0 Å². The highest BCUT2D eigenvalue weighted by Crippen LogP contribution is 2.44. The molecule has 256 valence electrons. The minimum atomic E-state index is -3.93. The molecule has 4 atom stereocenters. The minimum Gasteiger partial charge on any atom is -0.493 e. The molecule has 1 aliphatic rings. The largest absolute Gasteiger partial charge is 0.493 e. The number of nitrogens with two attached hydrogens (primary N) is 1. The molecule has 0 spiro atoms. The van der Waals surface area contributed by atoms with E-state index in [0.29, 0.717) is 22.7 Å². The SMILES string of the molecule is COC(=O)Nc1ccc(S(=O)(=O)CP)c([C@H]2[C@@H](C(=O)OC)CCN2C(=O)[C@H](Nc2cccc(C(N)=O)c2)c2ccc(OC)c(OC)c2)c1. The van der Waals surface area contributed by atoms with Crippen LogP contribution in [0.4, 0.5) is 16.2 Å². The van der Waals surface area contributed by atoms with Gasteiger partial charge in [0.15, 0.2) is 21.3 Å². The van der Waals surface area contributed by atoms with Gasteiger partial charge in [-0.3, -0.25) is 19.7 Å². The Morgan fingerprint density at radius 1 is 0.938 bits per heavy atom. The first kappa shape index (κ1) is 36.0. The first-order valence-electron chi connectivity index (χ1n) is 14.6. The molecule has 3 amide bonds. The number of carbonyl (C=O) groups is 4. The predicted molar refractivity (Wildman–Crippen MR) is 180 cm³/mol. The van der Waals surface area contributed by atoms with Crippen molar-refractivity contribution in [3.63, 3.8) is 0 Å². The molecule has 0 bridgehead atoms. The Balaban J connectivity index is 1.92. The van der Waals surface area contributed by atoms with Crippen LogP contribution < -0.4 is 25.8 Å². The van der Waals surface area contributed by atoms with E-state index in [1.165, 1.54) is 63.7 Å². The van der Waals surface area contributed by atoms with Crippen LogP contribution in [0, 0.1) is 5.92 Å². The van der Waals surface area contributed by atoms with Crippen molar-refractivity contribution in [2.75, 3.05) is 51.1 Å². The van der Waals surface area contributed by atoms with Crippen molar-refractivity contribution in [3.05, 3.63) is 77.4 Å². The number of ether oxygens (including phenoxy) is 4. The normalized spacial score (nSPS) is 16.4. The van der Waals surface area contributed by atoms with Crippen molar-refractivity contribution >= 4 is 54.3 Å². The Labute approximate surface area is 280 Å². The quantitative estimate of drug-likeness (QED) is 0.185. The summed E-state index contributed by atoms with van der Waals surface area (Å²) in [6, 6.07) is 13.0. The third-order valence-electron chi connectivity index (χ3n) is 7.95. The maximum atomic E-state index is 14.8. The summed E-state index contributed by atoms with van der Waals surface area (Å²) in [6.07, 6.45) is -0.657. The first-order chi connectivity index (χ1) is 22.9. The van der Waals surface area contributed by atoms with Crippen LogP contribution in [0.25, 0.3) is 0 Å². The average Bonchev–Trinajstić information content (AvgIpc) is 3.54. The summed E-state index contributed by atoms with van der Waals surface area (Å²) < 4.78 is 47.4. The number of methoxy groups -OCH3 is 4. The smallest absolute Gasteiger partial charge is 0.411 e. The second-order valence-corrected chi connectivity index (χ2v) is 13.7.